The Bertz CT molecular complexity index is 344. The van der Waals surface area contributed by atoms with Crippen LogP contribution in [-0.2, 0) is 0 Å². The Balaban J connectivity index is 3.43. The zero-order chi connectivity index (χ0) is 10.9. The lowest BCUT2D eigenvalue weighted by molar-refractivity contribution is 0.453. The van der Waals surface area contributed by atoms with Gasteiger partial charge in [0.1, 0.15) is 5.75 Å². The van der Waals surface area contributed by atoms with Crippen LogP contribution in [0.3, 0.4) is 0 Å². The standard InChI is InChI=1S/C6H5BBrO2/c8-5-2-1-3-6(4-5)10-7-9/h1-4,9H/i1D,2D,3D,4D. The molecule has 0 aliphatic carbocycles. The van der Waals surface area contributed by atoms with E-state index in [2.05, 4.69) is 20.6 Å². The molecule has 0 saturated heterocycles. The highest BCUT2D eigenvalue weighted by Gasteiger charge is 1.92. The molecule has 51 valence electrons. The maximum atomic E-state index is 8.38. The van der Waals surface area contributed by atoms with Crippen molar-refractivity contribution in [2.24, 2.45) is 0 Å². The van der Waals surface area contributed by atoms with E-state index >= 15 is 0 Å². The molecule has 0 unspecified atom stereocenters. The van der Waals surface area contributed by atoms with Crippen molar-refractivity contribution >= 4 is 23.6 Å². The first kappa shape index (κ1) is 3.78. The van der Waals surface area contributed by atoms with Crippen molar-refractivity contribution in [3.05, 3.63) is 28.6 Å². The maximum Gasteiger partial charge on any atom is 0.569 e. The summed E-state index contributed by atoms with van der Waals surface area (Å²) in [4.78, 5) is 0. The second-order valence-electron chi connectivity index (χ2n) is 1.37. The monoisotopic (exact) mass is 203 g/mol. The van der Waals surface area contributed by atoms with Crippen molar-refractivity contribution in [2.45, 2.75) is 0 Å². The molecule has 1 N–H and O–H groups in total. The number of hydrogen-bond acceptors (Lipinski definition) is 2. The largest absolute Gasteiger partial charge is 0.569 e. The van der Waals surface area contributed by atoms with Crippen LogP contribution in [0.2, 0.25) is 0 Å². The summed E-state index contributed by atoms with van der Waals surface area (Å²) in [6, 6.07) is -1.23. The van der Waals surface area contributed by atoms with Gasteiger partial charge in [-0.05, 0) is 18.1 Å². The van der Waals surface area contributed by atoms with E-state index in [1.165, 1.54) is 0 Å². The molecule has 1 rings (SSSR count). The smallest absolute Gasteiger partial charge is 0.537 e. The van der Waals surface area contributed by atoms with E-state index in [0.29, 0.717) is 7.69 Å². The highest BCUT2D eigenvalue weighted by molar-refractivity contribution is 9.10. The summed E-state index contributed by atoms with van der Waals surface area (Å²) in [6.45, 7) is 0. The van der Waals surface area contributed by atoms with E-state index in [-0.39, 0.29) is 28.3 Å². The highest BCUT2D eigenvalue weighted by atomic mass is 79.9. The van der Waals surface area contributed by atoms with Crippen LogP contribution in [0, 0.1) is 0 Å². The summed E-state index contributed by atoms with van der Waals surface area (Å²) < 4.78 is 34.1. The van der Waals surface area contributed by atoms with Crippen molar-refractivity contribution in [1.82, 2.24) is 0 Å². The Morgan fingerprint density at radius 3 is 3.20 bits per heavy atom. The van der Waals surface area contributed by atoms with Crippen molar-refractivity contribution in [2.75, 3.05) is 0 Å². The predicted octanol–water partition coefficient (Wildman–Crippen LogP) is 1.35. The molecule has 0 atom stereocenters. The van der Waals surface area contributed by atoms with E-state index in [0.717, 1.165) is 0 Å². The molecular weight excluding hydrogens is 195 g/mol. The van der Waals surface area contributed by atoms with Gasteiger partial charge in [-0.25, -0.2) is 0 Å². The number of hydrogen-bond donors (Lipinski definition) is 1. The fourth-order valence-electron chi connectivity index (χ4n) is 0.417. The third-order valence-electron chi connectivity index (χ3n) is 0.742. The van der Waals surface area contributed by atoms with Crippen molar-refractivity contribution in [1.29, 1.82) is 0 Å². The van der Waals surface area contributed by atoms with Gasteiger partial charge in [-0.3, -0.25) is 0 Å². The Morgan fingerprint density at radius 2 is 2.50 bits per heavy atom. The molecular formula is C6H5BBrO2. The molecule has 0 aliphatic heterocycles. The van der Waals surface area contributed by atoms with E-state index in [4.69, 9.17) is 10.5 Å². The zero-order valence-corrected chi connectivity index (χ0v) is 6.40. The lowest BCUT2D eigenvalue weighted by Crippen LogP contribution is -1.98. The van der Waals surface area contributed by atoms with Crippen molar-refractivity contribution in [3.63, 3.8) is 0 Å². The molecule has 2 nitrogen and oxygen atoms in total. The van der Waals surface area contributed by atoms with Crippen LogP contribution in [-0.4, -0.2) is 12.7 Å². The molecule has 1 aromatic carbocycles. The van der Waals surface area contributed by atoms with Crippen LogP contribution in [0.5, 0.6) is 5.75 Å². The Hall–Kier alpha value is -0.475. The summed E-state index contributed by atoms with van der Waals surface area (Å²) in [5.41, 5.74) is 0. The van der Waals surface area contributed by atoms with Crippen LogP contribution >= 0.6 is 15.9 Å². The lowest BCUT2D eigenvalue weighted by Gasteiger charge is -1.99. The van der Waals surface area contributed by atoms with E-state index in [1.807, 2.05) is 0 Å². The van der Waals surface area contributed by atoms with Gasteiger partial charge in [0, 0.05) is 4.47 Å². The lowest BCUT2D eigenvalue weighted by atomic mass is 10.3. The first-order chi connectivity index (χ1) is 6.50. The molecule has 4 heteroatoms. The van der Waals surface area contributed by atoms with E-state index in [1.54, 1.807) is 0 Å². The van der Waals surface area contributed by atoms with Gasteiger partial charge in [0.15, 0.2) is 0 Å². The summed E-state index contributed by atoms with van der Waals surface area (Å²) >= 11 is 2.93. The second kappa shape index (κ2) is 3.63. The second-order valence-corrected chi connectivity index (χ2v) is 2.16. The van der Waals surface area contributed by atoms with Gasteiger partial charge in [-0.1, -0.05) is 22.0 Å². The number of rotatable bonds is 2. The van der Waals surface area contributed by atoms with Gasteiger partial charge >= 0.3 is 7.69 Å². The van der Waals surface area contributed by atoms with Crippen molar-refractivity contribution < 1.29 is 15.2 Å². The number of benzene rings is 1. The van der Waals surface area contributed by atoms with Crippen molar-refractivity contribution in [3.8, 4) is 5.75 Å². The van der Waals surface area contributed by atoms with Gasteiger partial charge in [-0.15, -0.1) is 0 Å². The van der Waals surface area contributed by atoms with Gasteiger partial charge in [0.2, 0.25) is 0 Å². The van der Waals surface area contributed by atoms with Crippen LogP contribution in [0.25, 0.3) is 0 Å². The number of halogens is 1. The maximum absolute atomic E-state index is 8.38. The summed E-state index contributed by atoms with van der Waals surface area (Å²) in [6.07, 6.45) is 0. The minimum absolute atomic E-state index is 0.0651. The minimum atomic E-state index is -0.395. The fraction of sp³-hybridized carbons (Fsp3) is 0. The Labute approximate surface area is 73.9 Å². The molecule has 0 saturated carbocycles. The van der Waals surface area contributed by atoms with E-state index in [9.17, 15) is 0 Å². The van der Waals surface area contributed by atoms with Crippen LogP contribution < -0.4 is 4.65 Å². The topological polar surface area (TPSA) is 29.5 Å². The van der Waals surface area contributed by atoms with Crippen LogP contribution in [0.15, 0.2) is 28.6 Å². The molecule has 0 bridgehead atoms. The molecule has 0 spiro atoms. The average Bonchev–Trinajstić information content (AvgIpc) is 2.19. The molecule has 1 aromatic rings. The van der Waals surface area contributed by atoms with Gasteiger partial charge in [-0.2, -0.15) is 0 Å². The van der Waals surface area contributed by atoms with Crippen LogP contribution in [0.4, 0.5) is 0 Å². The van der Waals surface area contributed by atoms with Gasteiger partial charge in [0.25, 0.3) is 0 Å². The van der Waals surface area contributed by atoms with Crippen LogP contribution in [0.1, 0.15) is 5.48 Å². The first-order valence-electron chi connectivity index (χ1n) is 4.39. The quantitative estimate of drug-likeness (QED) is 0.736. The highest BCUT2D eigenvalue weighted by Crippen LogP contribution is 2.16. The molecule has 0 aromatic heterocycles. The first-order valence-corrected chi connectivity index (χ1v) is 3.18. The third kappa shape index (κ3) is 2.04. The zero-order valence-electron chi connectivity index (χ0n) is 8.81. The average molecular weight is 204 g/mol. The summed E-state index contributed by atoms with van der Waals surface area (Å²) in [5.74, 6) is -0.250. The summed E-state index contributed by atoms with van der Waals surface area (Å²) in [5, 5.41) is 8.38. The van der Waals surface area contributed by atoms with Gasteiger partial charge in [0.05, 0.1) is 5.48 Å². The molecule has 10 heavy (non-hydrogen) atoms. The fourth-order valence-corrected chi connectivity index (χ4v) is 0.696. The predicted molar refractivity (Wildman–Crippen MR) is 42.7 cm³/mol. The Kier molecular flexibility index (Phi) is 1.38. The normalized spacial score (nSPS) is 14.6. The molecule has 0 aliphatic rings. The summed E-state index contributed by atoms with van der Waals surface area (Å²) in [7, 11) is 0.334. The Morgan fingerprint density at radius 1 is 1.70 bits per heavy atom. The van der Waals surface area contributed by atoms with E-state index < -0.39 is 6.04 Å². The SMILES string of the molecule is [2H]c1c([2H])c(Br)c([2H])c(O[B]O)c1[2H]. The minimum Gasteiger partial charge on any atom is -0.537 e. The molecule has 0 fully saturated rings. The molecule has 1 radical (unpaired) electrons. The molecule has 0 amide bonds. The van der Waals surface area contributed by atoms with Gasteiger partial charge < -0.3 is 9.68 Å². The molecule has 0 heterocycles. The third-order valence-corrected chi connectivity index (χ3v) is 1.14.